The van der Waals surface area contributed by atoms with Gasteiger partial charge in [-0.1, -0.05) is 13.8 Å². The molecule has 0 radical (unpaired) electrons. The highest BCUT2D eigenvalue weighted by molar-refractivity contribution is 7.89. The first kappa shape index (κ1) is 15.1. The molecule has 0 heterocycles. The fourth-order valence-electron chi connectivity index (χ4n) is 1.80. The van der Waals surface area contributed by atoms with Crippen LogP contribution in [0.3, 0.4) is 0 Å². The lowest BCUT2D eigenvalue weighted by molar-refractivity contribution is 0.444. The van der Waals surface area contributed by atoms with Crippen molar-refractivity contribution in [3.63, 3.8) is 0 Å². The van der Waals surface area contributed by atoms with Crippen LogP contribution >= 0.6 is 0 Å². The maximum Gasteiger partial charge on any atom is 0.243 e. The molecule has 0 saturated carbocycles. The average molecular weight is 274 g/mol. The molecule has 1 aromatic carbocycles. The number of hydrogen-bond acceptors (Lipinski definition) is 3. The quantitative estimate of drug-likeness (QED) is 0.887. The van der Waals surface area contributed by atoms with Crippen LogP contribution in [0.5, 0.6) is 0 Å². The van der Waals surface area contributed by atoms with Crippen molar-refractivity contribution in [2.75, 3.05) is 13.1 Å². The summed E-state index contributed by atoms with van der Waals surface area (Å²) in [6.45, 7) is 5.78. The minimum Gasteiger partial charge on any atom is -0.326 e. The van der Waals surface area contributed by atoms with Crippen molar-refractivity contribution in [3.8, 4) is 0 Å². The lowest BCUT2D eigenvalue weighted by atomic mass is 10.1. The molecule has 1 aromatic rings. The second kappa shape index (κ2) is 5.77. The number of halogens is 1. The average Bonchev–Trinajstić information content (AvgIpc) is 2.33. The maximum atomic E-state index is 13.7. The zero-order valence-electron chi connectivity index (χ0n) is 10.9. The van der Waals surface area contributed by atoms with Crippen LogP contribution in [0.2, 0.25) is 0 Å². The van der Waals surface area contributed by atoms with Crippen molar-refractivity contribution in [2.24, 2.45) is 5.73 Å². The summed E-state index contributed by atoms with van der Waals surface area (Å²) >= 11 is 0. The van der Waals surface area contributed by atoms with Gasteiger partial charge in [0.1, 0.15) is 5.82 Å². The molecule has 102 valence electrons. The van der Waals surface area contributed by atoms with E-state index in [1.807, 2.05) is 0 Å². The van der Waals surface area contributed by atoms with Crippen LogP contribution in [0.4, 0.5) is 4.39 Å². The van der Waals surface area contributed by atoms with Gasteiger partial charge in [-0.2, -0.15) is 4.31 Å². The van der Waals surface area contributed by atoms with E-state index < -0.39 is 15.8 Å². The molecule has 1 rings (SSSR count). The van der Waals surface area contributed by atoms with E-state index in [2.05, 4.69) is 0 Å². The molecule has 0 bridgehead atoms. The van der Waals surface area contributed by atoms with E-state index in [0.29, 0.717) is 18.7 Å². The minimum atomic E-state index is -3.65. The fraction of sp³-hybridized carbons (Fsp3) is 0.500. The Hall–Kier alpha value is -0.980. The SMILES string of the molecule is CCN(CC)S(=O)(=O)c1cc(CN)cc(F)c1C. The molecule has 18 heavy (non-hydrogen) atoms. The maximum absolute atomic E-state index is 13.7. The molecule has 6 heteroatoms. The zero-order valence-corrected chi connectivity index (χ0v) is 11.7. The van der Waals surface area contributed by atoms with Crippen LogP contribution in [0, 0.1) is 12.7 Å². The van der Waals surface area contributed by atoms with E-state index in [-0.39, 0.29) is 17.0 Å². The number of hydrogen-bond donors (Lipinski definition) is 1. The van der Waals surface area contributed by atoms with Crippen LogP contribution in [0.15, 0.2) is 17.0 Å². The molecular formula is C12H19FN2O2S. The van der Waals surface area contributed by atoms with Gasteiger partial charge in [0.15, 0.2) is 0 Å². The summed E-state index contributed by atoms with van der Waals surface area (Å²) < 4.78 is 39.7. The van der Waals surface area contributed by atoms with Crippen molar-refractivity contribution in [1.29, 1.82) is 0 Å². The standard InChI is InChI=1S/C12H19FN2O2S/c1-4-15(5-2)18(16,17)12-7-10(8-14)6-11(13)9(12)3/h6-7H,4-5,8,14H2,1-3H3. The Morgan fingerprint density at radius 3 is 2.28 bits per heavy atom. The molecule has 4 nitrogen and oxygen atoms in total. The molecule has 0 aromatic heterocycles. The van der Waals surface area contributed by atoms with Crippen molar-refractivity contribution in [3.05, 3.63) is 29.1 Å². The van der Waals surface area contributed by atoms with Gasteiger partial charge < -0.3 is 5.73 Å². The van der Waals surface area contributed by atoms with Crippen LogP contribution in [0.25, 0.3) is 0 Å². The minimum absolute atomic E-state index is 0.00616. The first-order valence-electron chi connectivity index (χ1n) is 5.87. The van der Waals surface area contributed by atoms with Crippen LogP contribution in [0.1, 0.15) is 25.0 Å². The third-order valence-corrected chi connectivity index (χ3v) is 5.09. The largest absolute Gasteiger partial charge is 0.326 e. The van der Waals surface area contributed by atoms with Gasteiger partial charge in [0, 0.05) is 25.2 Å². The van der Waals surface area contributed by atoms with Crippen molar-refractivity contribution in [1.82, 2.24) is 4.31 Å². The predicted molar refractivity (Wildman–Crippen MR) is 69.1 cm³/mol. The van der Waals surface area contributed by atoms with E-state index in [0.717, 1.165) is 0 Å². The van der Waals surface area contributed by atoms with E-state index >= 15 is 0 Å². The van der Waals surface area contributed by atoms with Crippen LogP contribution in [-0.4, -0.2) is 25.8 Å². The van der Waals surface area contributed by atoms with Crippen molar-refractivity contribution >= 4 is 10.0 Å². The van der Waals surface area contributed by atoms with Crippen LogP contribution < -0.4 is 5.73 Å². The number of benzene rings is 1. The van der Waals surface area contributed by atoms with Gasteiger partial charge >= 0.3 is 0 Å². The zero-order chi connectivity index (χ0) is 13.9. The summed E-state index contributed by atoms with van der Waals surface area (Å²) in [5.41, 5.74) is 6.06. The third kappa shape index (κ3) is 2.71. The monoisotopic (exact) mass is 274 g/mol. The number of nitrogens with zero attached hydrogens (tertiary/aromatic N) is 1. The topological polar surface area (TPSA) is 63.4 Å². The van der Waals surface area contributed by atoms with Gasteiger partial charge in [-0.3, -0.25) is 0 Å². The molecule has 0 aliphatic carbocycles. The Bertz CT molecular complexity index is 525. The predicted octanol–water partition coefficient (Wildman–Crippen LogP) is 1.62. The van der Waals surface area contributed by atoms with E-state index in [4.69, 9.17) is 5.73 Å². The second-order valence-corrected chi connectivity index (χ2v) is 5.90. The fourth-order valence-corrected chi connectivity index (χ4v) is 3.54. The van der Waals surface area contributed by atoms with Gasteiger partial charge in [-0.15, -0.1) is 0 Å². The van der Waals surface area contributed by atoms with E-state index in [9.17, 15) is 12.8 Å². The Morgan fingerprint density at radius 2 is 1.83 bits per heavy atom. The normalized spacial score (nSPS) is 12.1. The summed E-state index contributed by atoms with van der Waals surface area (Å²) in [5.74, 6) is -0.538. The van der Waals surface area contributed by atoms with Gasteiger partial charge in [0.25, 0.3) is 0 Å². The molecular weight excluding hydrogens is 255 g/mol. The third-order valence-electron chi connectivity index (χ3n) is 2.92. The number of nitrogens with two attached hydrogens (primary N) is 1. The van der Waals surface area contributed by atoms with Crippen LogP contribution in [-0.2, 0) is 16.6 Å². The van der Waals surface area contributed by atoms with E-state index in [1.54, 1.807) is 13.8 Å². The Morgan fingerprint density at radius 1 is 1.28 bits per heavy atom. The smallest absolute Gasteiger partial charge is 0.243 e. The molecule has 0 unspecified atom stereocenters. The molecule has 0 aliphatic heterocycles. The molecule has 0 aliphatic rings. The molecule has 0 amide bonds. The lowest BCUT2D eigenvalue weighted by Crippen LogP contribution is -2.31. The Labute approximate surface area is 108 Å². The number of rotatable bonds is 5. The molecule has 0 fully saturated rings. The summed E-state index contributed by atoms with van der Waals surface area (Å²) in [6.07, 6.45) is 0. The molecule has 0 atom stereocenters. The van der Waals surface area contributed by atoms with E-state index in [1.165, 1.54) is 23.4 Å². The molecule has 0 spiro atoms. The van der Waals surface area contributed by atoms with Crippen molar-refractivity contribution in [2.45, 2.75) is 32.2 Å². The summed E-state index contributed by atoms with van der Waals surface area (Å²) in [7, 11) is -3.65. The summed E-state index contributed by atoms with van der Waals surface area (Å²) in [4.78, 5) is 0.00616. The number of sulfonamides is 1. The summed E-state index contributed by atoms with van der Waals surface area (Å²) in [6, 6.07) is 2.72. The highest BCUT2D eigenvalue weighted by Gasteiger charge is 2.25. The van der Waals surface area contributed by atoms with Gasteiger partial charge in [0.05, 0.1) is 4.90 Å². The van der Waals surface area contributed by atoms with Gasteiger partial charge in [-0.05, 0) is 24.6 Å². The second-order valence-electron chi connectivity index (χ2n) is 3.99. The Kier molecular flexibility index (Phi) is 4.84. The highest BCUT2D eigenvalue weighted by Crippen LogP contribution is 2.23. The first-order chi connectivity index (χ1) is 8.38. The Balaban J connectivity index is 3.45. The first-order valence-corrected chi connectivity index (χ1v) is 7.31. The van der Waals surface area contributed by atoms with Gasteiger partial charge in [-0.25, -0.2) is 12.8 Å². The van der Waals surface area contributed by atoms with Gasteiger partial charge in [0.2, 0.25) is 10.0 Å². The lowest BCUT2D eigenvalue weighted by Gasteiger charge is -2.20. The summed E-state index contributed by atoms with van der Waals surface area (Å²) in [5, 5.41) is 0. The molecule has 0 saturated heterocycles. The molecule has 2 N–H and O–H groups in total. The highest BCUT2D eigenvalue weighted by atomic mass is 32.2. The van der Waals surface area contributed by atoms with Crippen molar-refractivity contribution < 1.29 is 12.8 Å².